The van der Waals surface area contributed by atoms with Gasteiger partial charge < -0.3 is 19.2 Å². The van der Waals surface area contributed by atoms with Crippen LogP contribution >= 0.6 is 7.82 Å². The first kappa shape index (κ1) is 10.6. The first-order valence-electron chi connectivity index (χ1n) is 0.730. The molecule has 0 aliphatic rings. The molecule has 46 valence electrons. The predicted molar refractivity (Wildman–Crippen MR) is 7.61 cm³/mol. The molecule has 0 fully saturated rings. The van der Waals surface area contributed by atoms with Crippen LogP contribution in [0.1, 0.15) is 0 Å². The van der Waals surface area contributed by atoms with Crippen LogP contribution in [0.25, 0.3) is 0 Å². The largest absolute Gasteiger partial charge is 0.822 e. The Morgan fingerprint density at radius 1 is 1.17 bits per heavy atom. The average molecular weight is 268 g/mol. The van der Waals surface area contributed by atoms with Crippen molar-refractivity contribution in [1.82, 2.24) is 0 Å². The van der Waals surface area contributed by atoms with Gasteiger partial charge in [0.05, 0.1) is 0 Å². The van der Waals surface area contributed by atoms with Crippen LogP contribution in [-0.4, -0.2) is 0 Å². The molecular weight excluding hydrogens is 268 g/mol. The Labute approximate surface area is 73.0 Å². The van der Waals surface area contributed by atoms with Crippen molar-refractivity contribution in [2.45, 2.75) is 0 Å². The van der Waals surface area contributed by atoms with E-state index in [1.54, 1.807) is 0 Å². The van der Waals surface area contributed by atoms with Gasteiger partial charge in [0.25, 0.3) is 0 Å². The molecule has 0 radical (unpaired) electrons. The van der Waals surface area contributed by atoms with E-state index >= 15 is 0 Å². The topological polar surface area (TPSA) is 86.2 Å². The maximum atomic E-state index is 8.55. The van der Waals surface area contributed by atoms with Crippen LogP contribution in [-0.2, 0) is 4.57 Å². The molecule has 0 aliphatic heterocycles. The Morgan fingerprint density at radius 2 is 1.17 bits per heavy atom. The van der Waals surface area contributed by atoms with Crippen LogP contribution in [0.4, 0.5) is 0 Å². The van der Waals surface area contributed by atoms with Crippen molar-refractivity contribution in [3.05, 3.63) is 0 Å². The van der Waals surface area contributed by atoms with Crippen molar-refractivity contribution in [3.63, 3.8) is 0 Å². The molecule has 0 amide bonds. The van der Waals surface area contributed by atoms with Crippen LogP contribution in [0.3, 0.4) is 0 Å². The Balaban J connectivity index is 0. The number of hydrogen-bond acceptors (Lipinski definition) is 4. The van der Waals surface area contributed by atoms with Gasteiger partial charge in [0.15, 0.2) is 0 Å². The second-order valence-corrected chi connectivity index (χ2v) is 1.34. The zero-order valence-corrected chi connectivity index (χ0v) is 4.96. The van der Waals surface area contributed by atoms with Gasteiger partial charge in [0.1, 0.15) is 0 Å². The Morgan fingerprint density at radius 3 is 1.17 bits per heavy atom. The molecule has 6 heavy (non-hydrogen) atoms. The van der Waals surface area contributed by atoms with Gasteiger partial charge in [-0.1, -0.05) is 0 Å². The van der Waals surface area contributed by atoms with E-state index in [9.17, 15) is 0 Å². The molecule has 0 spiro atoms. The summed E-state index contributed by atoms with van der Waals surface area (Å²) in [5.41, 5.74) is 0. The fraction of sp³-hybridized carbons (Fsp3) is 0. The second kappa shape index (κ2) is 3.61. The molecule has 0 saturated heterocycles. The zero-order chi connectivity index (χ0) is 4.50. The molecule has 0 aromatic rings. The van der Waals surface area contributed by atoms with Gasteiger partial charge in [-0.3, -0.25) is 0 Å². The molecule has 6 heteroatoms. The molecule has 0 aromatic heterocycles. The van der Waals surface area contributed by atoms with Gasteiger partial charge in [-0.15, -0.1) is 0 Å². The van der Waals surface area contributed by atoms with Crippen molar-refractivity contribution < 1.29 is 66.2 Å². The standard InChI is InChI=1S/H3O4P.Yb/c1-5(2,3)4;/h(H3,1,2,3,4);/p-3. The summed E-state index contributed by atoms with van der Waals surface area (Å²) in [6.45, 7) is 0. The monoisotopic (exact) mass is 269 g/mol. The van der Waals surface area contributed by atoms with Gasteiger partial charge in [-0.05, 0) is 0 Å². The molecule has 0 saturated carbocycles. The van der Waals surface area contributed by atoms with Crippen molar-refractivity contribution in [1.29, 1.82) is 0 Å². The third-order valence-corrected chi connectivity index (χ3v) is 0. The average Bonchev–Trinajstić information content (AvgIpc) is 0.722. The van der Waals surface area contributed by atoms with E-state index in [-0.39, 0.29) is 46.9 Å². The predicted octanol–water partition coefficient (Wildman–Crippen LogP) is -2.82. The van der Waals surface area contributed by atoms with Crippen LogP contribution in [0.2, 0.25) is 0 Å². The number of rotatable bonds is 0. The zero-order valence-electron chi connectivity index (χ0n) is 2.35. The molecule has 0 N–H and O–H groups in total. The van der Waals surface area contributed by atoms with E-state index in [2.05, 4.69) is 0 Å². The summed E-state index contributed by atoms with van der Waals surface area (Å²) in [4.78, 5) is 25.6. The molecule has 0 aliphatic carbocycles. The van der Waals surface area contributed by atoms with Crippen molar-refractivity contribution in [2.75, 3.05) is 0 Å². The summed E-state index contributed by atoms with van der Waals surface area (Å²) in [7, 11) is -5.39. The SMILES string of the molecule is O=P([O-])([O-])[O-].[Yb]. The minimum atomic E-state index is -5.39. The Hall–Kier alpha value is 1.63. The fourth-order valence-corrected chi connectivity index (χ4v) is 0. The normalized spacial score (nSPS) is 9.83. The van der Waals surface area contributed by atoms with Crippen molar-refractivity contribution in [3.8, 4) is 0 Å². The van der Waals surface area contributed by atoms with E-state index in [0.717, 1.165) is 0 Å². The quantitative estimate of drug-likeness (QED) is 0.443. The number of hydrogen-bond donors (Lipinski definition) is 0. The molecule has 0 aromatic carbocycles. The summed E-state index contributed by atoms with van der Waals surface area (Å²) in [6.07, 6.45) is 0. The van der Waals surface area contributed by atoms with E-state index in [1.165, 1.54) is 0 Å². The van der Waals surface area contributed by atoms with Crippen LogP contribution < -0.4 is 14.7 Å². The van der Waals surface area contributed by atoms with E-state index < -0.39 is 7.82 Å². The van der Waals surface area contributed by atoms with Crippen LogP contribution in [0.5, 0.6) is 0 Å². The number of phosphoric acid groups is 1. The first-order valence-corrected chi connectivity index (χ1v) is 2.19. The van der Waals surface area contributed by atoms with Gasteiger partial charge in [-0.25, -0.2) is 0 Å². The Bertz CT molecular complexity index is 53.7. The van der Waals surface area contributed by atoms with Gasteiger partial charge in [0.2, 0.25) is 0 Å². The van der Waals surface area contributed by atoms with Crippen LogP contribution in [0, 0.1) is 46.9 Å². The summed E-state index contributed by atoms with van der Waals surface area (Å²) >= 11 is 0. The van der Waals surface area contributed by atoms with Gasteiger partial charge in [0, 0.05) is 46.9 Å². The molecule has 0 rings (SSSR count). The second-order valence-electron chi connectivity index (χ2n) is 0.447. The van der Waals surface area contributed by atoms with Crippen molar-refractivity contribution >= 4 is 7.82 Å². The molecule has 0 bridgehead atoms. The molecular formula is O4PYb-3. The molecule has 0 heterocycles. The molecule has 0 atom stereocenters. The van der Waals surface area contributed by atoms with Crippen LogP contribution in [0.15, 0.2) is 0 Å². The van der Waals surface area contributed by atoms with E-state index in [4.69, 9.17) is 19.2 Å². The third kappa shape index (κ3) is 45.4. The fourth-order valence-electron chi connectivity index (χ4n) is 0. The maximum absolute atomic E-state index is 8.55. The Kier molecular flexibility index (Phi) is 6.36. The van der Waals surface area contributed by atoms with E-state index in [1.807, 2.05) is 0 Å². The van der Waals surface area contributed by atoms with Gasteiger partial charge >= 0.3 is 0 Å². The maximum Gasteiger partial charge on any atom is 0 e. The van der Waals surface area contributed by atoms with Crippen molar-refractivity contribution in [2.24, 2.45) is 0 Å². The summed E-state index contributed by atoms with van der Waals surface area (Å²) in [5, 5.41) is 0. The first-order chi connectivity index (χ1) is 2.00. The summed E-state index contributed by atoms with van der Waals surface area (Å²) in [5.74, 6) is 0. The smallest absolute Gasteiger partial charge is 0 e. The molecule has 4 nitrogen and oxygen atoms in total. The third-order valence-electron chi connectivity index (χ3n) is 0. The van der Waals surface area contributed by atoms with Gasteiger partial charge in [-0.2, -0.15) is 7.82 Å². The van der Waals surface area contributed by atoms with E-state index in [0.29, 0.717) is 0 Å². The summed E-state index contributed by atoms with van der Waals surface area (Å²) in [6, 6.07) is 0. The molecule has 0 unspecified atom stereocenters. The minimum Gasteiger partial charge on any atom is -0.822 e. The summed E-state index contributed by atoms with van der Waals surface area (Å²) < 4.78 is 8.55. The minimum absolute atomic E-state index is 0.